The molecule has 4 aromatic rings. The van der Waals surface area contributed by atoms with Crippen molar-refractivity contribution in [3.63, 3.8) is 0 Å². The summed E-state index contributed by atoms with van der Waals surface area (Å²) in [6, 6.07) is 29.2. The number of hydrogen-bond donors (Lipinski definition) is 0. The van der Waals surface area contributed by atoms with Crippen LogP contribution in [-0.4, -0.2) is 33.4 Å². The van der Waals surface area contributed by atoms with Gasteiger partial charge in [0.15, 0.2) is 0 Å². The summed E-state index contributed by atoms with van der Waals surface area (Å²) in [5.41, 5.74) is 4.56. The summed E-state index contributed by atoms with van der Waals surface area (Å²) in [7, 11) is 0. The fourth-order valence-electron chi connectivity index (χ4n) is 5.66. The lowest BCUT2D eigenvalue weighted by molar-refractivity contribution is 0.0676. The number of aromatic nitrogens is 2. The zero-order chi connectivity index (χ0) is 21.5. The third-order valence-corrected chi connectivity index (χ3v) is 7.19. The highest BCUT2D eigenvalue weighted by Crippen LogP contribution is 2.49. The van der Waals surface area contributed by atoms with Crippen LogP contribution in [0.15, 0.2) is 97.3 Å². The molecule has 1 unspecified atom stereocenters. The molecule has 6 rings (SSSR count). The first-order valence-corrected chi connectivity index (χ1v) is 11.3. The molecule has 4 nitrogen and oxygen atoms in total. The molecule has 32 heavy (non-hydrogen) atoms. The minimum absolute atomic E-state index is 0.120. The summed E-state index contributed by atoms with van der Waals surface area (Å²) < 4.78 is 2.35. The third-order valence-electron chi connectivity index (χ3n) is 7.19. The van der Waals surface area contributed by atoms with E-state index in [9.17, 15) is 4.79 Å². The maximum Gasteiger partial charge on any atom is 0.253 e. The van der Waals surface area contributed by atoms with Gasteiger partial charge < -0.3 is 9.47 Å². The van der Waals surface area contributed by atoms with E-state index in [1.165, 1.54) is 16.7 Å². The highest BCUT2D eigenvalue weighted by Gasteiger charge is 2.47. The second-order valence-electron chi connectivity index (χ2n) is 8.80. The van der Waals surface area contributed by atoms with Crippen molar-refractivity contribution in [2.24, 2.45) is 0 Å². The van der Waals surface area contributed by atoms with E-state index in [-0.39, 0.29) is 17.4 Å². The molecule has 0 bridgehead atoms. The minimum atomic E-state index is -0.168. The molecule has 1 atom stereocenters. The maximum atomic E-state index is 13.1. The van der Waals surface area contributed by atoms with E-state index < -0.39 is 0 Å². The van der Waals surface area contributed by atoms with E-state index in [4.69, 9.17) is 4.98 Å². The van der Waals surface area contributed by atoms with Crippen molar-refractivity contribution in [3.8, 4) is 0 Å². The Labute approximate surface area is 188 Å². The van der Waals surface area contributed by atoms with Crippen molar-refractivity contribution in [2.75, 3.05) is 13.1 Å². The Morgan fingerprint density at radius 1 is 0.844 bits per heavy atom. The standard InChI is InChI=1S/C28H25N3O/c32-26(22-11-5-2-6-12-22)30-18-15-28(16-19-30)24-14-8-7-13-23(24)25(21-9-3-1-4-10-21)31-20-17-29-27(28)31/h1-14,17,20,25H,15-16,18-19H2. The lowest BCUT2D eigenvalue weighted by atomic mass is 9.67. The molecule has 1 fully saturated rings. The molecule has 1 saturated heterocycles. The summed E-state index contributed by atoms with van der Waals surface area (Å²) in [4.78, 5) is 19.9. The molecule has 4 heteroatoms. The smallest absolute Gasteiger partial charge is 0.253 e. The van der Waals surface area contributed by atoms with E-state index in [1.54, 1.807) is 0 Å². The molecule has 3 heterocycles. The van der Waals surface area contributed by atoms with Crippen LogP contribution in [-0.2, 0) is 5.41 Å². The highest BCUT2D eigenvalue weighted by molar-refractivity contribution is 5.94. The Kier molecular flexibility index (Phi) is 4.46. The summed E-state index contributed by atoms with van der Waals surface area (Å²) in [5.74, 6) is 1.24. The van der Waals surface area contributed by atoms with Crippen LogP contribution in [0.5, 0.6) is 0 Å². The quantitative estimate of drug-likeness (QED) is 0.456. The number of benzene rings is 3. The summed E-state index contributed by atoms with van der Waals surface area (Å²) >= 11 is 0. The van der Waals surface area contributed by atoms with Crippen LogP contribution in [0.3, 0.4) is 0 Å². The van der Waals surface area contributed by atoms with Gasteiger partial charge in [0, 0.05) is 31.0 Å². The number of carbonyl (C=O) groups excluding carboxylic acids is 1. The van der Waals surface area contributed by atoms with Crippen molar-refractivity contribution in [3.05, 3.63) is 125 Å². The van der Waals surface area contributed by atoms with Gasteiger partial charge >= 0.3 is 0 Å². The van der Waals surface area contributed by atoms with E-state index in [0.29, 0.717) is 0 Å². The molecule has 0 saturated carbocycles. The summed E-state index contributed by atoms with van der Waals surface area (Å²) in [6.45, 7) is 1.45. The second-order valence-corrected chi connectivity index (χ2v) is 8.80. The third kappa shape index (κ3) is 2.83. The van der Waals surface area contributed by atoms with Gasteiger partial charge in [-0.2, -0.15) is 0 Å². The van der Waals surface area contributed by atoms with Crippen molar-refractivity contribution in [1.29, 1.82) is 0 Å². The van der Waals surface area contributed by atoms with E-state index in [1.807, 2.05) is 41.4 Å². The second kappa shape index (κ2) is 7.49. The van der Waals surface area contributed by atoms with Gasteiger partial charge in [0.1, 0.15) is 5.82 Å². The van der Waals surface area contributed by atoms with Gasteiger partial charge in [0.05, 0.1) is 11.5 Å². The zero-order valence-electron chi connectivity index (χ0n) is 17.9. The predicted octanol–water partition coefficient (Wildman–Crippen LogP) is 5.06. The molecule has 0 radical (unpaired) electrons. The monoisotopic (exact) mass is 419 g/mol. The average Bonchev–Trinajstić information content (AvgIpc) is 3.36. The fraction of sp³-hybridized carbons (Fsp3) is 0.214. The molecule has 0 N–H and O–H groups in total. The van der Waals surface area contributed by atoms with Crippen LogP contribution in [0.25, 0.3) is 0 Å². The molecular formula is C28H25N3O. The van der Waals surface area contributed by atoms with Crippen LogP contribution >= 0.6 is 0 Å². The molecule has 0 aliphatic carbocycles. The number of likely N-dealkylation sites (tertiary alicyclic amines) is 1. The first-order valence-electron chi connectivity index (χ1n) is 11.3. The SMILES string of the molecule is O=C(c1ccccc1)N1CCC2(CC1)c1ccccc1C(c1ccccc1)n1ccnc12. The van der Waals surface area contributed by atoms with Crippen LogP contribution in [0.4, 0.5) is 0 Å². The average molecular weight is 420 g/mol. The Morgan fingerprint density at radius 3 is 2.25 bits per heavy atom. The van der Waals surface area contributed by atoms with Crippen LogP contribution in [0.2, 0.25) is 0 Å². The van der Waals surface area contributed by atoms with Gasteiger partial charge in [0.2, 0.25) is 0 Å². The van der Waals surface area contributed by atoms with E-state index in [0.717, 1.165) is 37.3 Å². The summed E-state index contributed by atoms with van der Waals surface area (Å²) in [5, 5.41) is 0. The van der Waals surface area contributed by atoms with Crippen molar-refractivity contribution in [1.82, 2.24) is 14.5 Å². The Bertz CT molecular complexity index is 1250. The van der Waals surface area contributed by atoms with Crippen LogP contribution in [0, 0.1) is 0 Å². The predicted molar refractivity (Wildman–Crippen MR) is 125 cm³/mol. The van der Waals surface area contributed by atoms with Gasteiger partial charge in [-0.3, -0.25) is 4.79 Å². The summed E-state index contributed by atoms with van der Waals surface area (Å²) in [6.07, 6.45) is 5.80. The van der Waals surface area contributed by atoms with E-state index >= 15 is 0 Å². The topological polar surface area (TPSA) is 38.1 Å². The number of imidazole rings is 1. The van der Waals surface area contributed by atoms with Gasteiger partial charge in [0.25, 0.3) is 5.91 Å². The molecule has 2 aliphatic rings. The van der Waals surface area contributed by atoms with E-state index in [2.05, 4.69) is 65.4 Å². The zero-order valence-corrected chi connectivity index (χ0v) is 17.9. The Morgan fingerprint density at radius 2 is 1.50 bits per heavy atom. The lowest BCUT2D eigenvalue weighted by Crippen LogP contribution is -2.49. The first kappa shape index (κ1) is 19.1. The van der Waals surface area contributed by atoms with Crippen LogP contribution in [0.1, 0.15) is 51.8 Å². The molecule has 3 aromatic carbocycles. The van der Waals surface area contributed by atoms with Crippen molar-refractivity contribution in [2.45, 2.75) is 24.3 Å². The number of fused-ring (bicyclic) bond motifs is 4. The maximum absolute atomic E-state index is 13.1. The Hall–Kier alpha value is -3.66. The highest BCUT2D eigenvalue weighted by atomic mass is 16.2. The lowest BCUT2D eigenvalue weighted by Gasteiger charge is -2.47. The van der Waals surface area contributed by atoms with Crippen molar-refractivity contribution < 1.29 is 4.79 Å². The van der Waals surface area contributed by atoms with Gasteiger partial charge in [-0.15, -0.1) is 0 Å². The number of carbonyl (C=O) groups is 1. The number of piperidine rings is 1. The fourth-order valence-corrected chi connectivity index (χ4v) is 5.66. The largest absolute Gasteiger partial charge is 0.339 e. The molecule has 1 amide bonds. The molecule has 1 aromatic heterocycles. The number of hydrogen-bond acceptors (Lipinski definition) is 2. The Balaban J connectivity index is 1.40. The molecule has 2 aliphatic heterocycles. The van der Waals surface area contributed by atoms with Gasteiger partial charge in [-0.1, -0.05) is 72.8 Å². The minimum Gasteiger partial charge on any atom is -0.339 e. The molecular weight excluding hydrogens is 394 g/mol. The number of amides is 1. The number of nitrogens with zero attached hydrogens (tertiary/aromatic N) is 3. The van der Waals surface area contributed by atoms with Gasteiger partial charge in [-0.05, 0) is 41.7 Å². The normalized spacial score (nSPS) is 18.8. The van der Waals surface area contributed by atoms with Crippen LogP contribution < -0.4 is 0 Å². The molecule has 1 spiro atoms. The first-order chi connectivity index (χ1) is 15.8. The van der Waals surface area contributed by atoms with Crippen molar-refractivity contribution >= 4 is 5.91 Å². The number of rotatable bonds is 2. The molecule has 158 valence electrons. The van der Waals surface area contributed by atoms with Gasteiger partial charge in [-0.25, -0.2) is 4.98 Å².